The van der Waals surface area contributed by atoms with Crippen molar-refractivity contribution in [2.45, 2.75) is 6.61 Å². The van der Waals surface area contributed by atoms with Crippen molar-refractivity contribution in [3.63, 3.8) is 0 Å². The zero-order chi connectivity index (χ0) is 15.2. The van der Waals surface area contributed by atoms with Gasteiger partial charge in [0.1, 0.15) is 18.1 Å². The Morgan fingerprint density at radius 2 is 1.45 bits per heavy atom. The maximum atomic E-state index is 5.72. The molecule has 2 aromatic carbocycles. The molecule has 0 atom stereocenters. The Bertz CT molecular complexity index is 716. The van der Waals surface area contributed by atoms with Crippen LogP contribution in [0.5, 0.6) is 17.5 Å². The average molecular weight is 357 g/mol. The summed E-state index contributed by atoms with van der Waals surface area (Å²) in [6.07, 6.45) is 3.28. The van der Waals surface area contributed by atoms with Crippen molar-refractivity contribution < 1.29 is 9.47 Å². The van der Waals surface area contributed by atoms with Crippen molar-refractivity contribution in [1.82, 2.24) is 9.97 Å². The second kappa shape index (κ2) is 7.04. The van der Waals surface area contributed by atoms with Crippen LogP contribution >= 0.6 is 15.9 Å². The van der Waals surface area contributed by atoms with E-state index in [1.54, 1.807) is 12.4 Å². The first kappa shape index (κ1) is 14.5. The minimum atomic E-state index is 0.307. The van der Waals surface area contributed by atoms with Crippen LogP contribution in [-0.2, 0) is 6.61 Å². The molecular formula is C17H13BrN2O2. The SMILES string of the molecule is Brc1cnc(Oc2ccc(OCc3ccccc3)cc2)nc1. The fourth-order valence-electron chi connectivity index (χ4n) is 1.80. The predicted octanol–water partition coefficient (Wildman–Crippen LogP) is 4.61. The van der Waals surface area contributed by atoms with E-state index in [2.05, 4.69) is 25.9 Å². The van der Waals surface area contributed by atoms with Crippen molar-refractivity contribution in [3.05, 3.63) is 77.0 Å². The van der Waals surface area contributed by atoms with Crippen LogP contribution < -0.4 is 9.47 Å². The van der Waals surface area contributed by atoms with Gasteiger partial charge in [0.2, 0.25) is 0 Å². The van der Waals surface area contributed by atoms with E-state index in [-0.39, 0.29) is 0 Å². The van der Waals surface area contributed by atoms with Gasteiger partial charge in [-0.2, -0.15) is 0 Å². The number of ether oxygens (including phenoxy) is 2. The molecule has 3 rings (SSSR count). The quantitative estimate of drug-likeness (QED) is 0.669. The van der Waals surface area contributed by atoms with Gasteiger partial charge in [-0.25, -0.2) is 9.97 Å². The van der Waals surface area contributed by atoms with Gasteiger partial charge in [0, 0.05) is 12.4 Å². The zero-order valence-electron chi connectivity index (χ0n) is 11.6. The first-order valence-corrected chi connectivity index (χ1v) is 7.51. The second-order valence-electron chi connectivity index (χ2n) is 4.53. The van der Waals surface area contributed by atoms with Crippen LogP contribution in [0, 0.1) is 0 Å². The van der Waals surface area contributed by atoms with Crippen LogP contribution in [0.15, 0.2) is 71.5 Å². The largest absolute Gasteiger partial charge is 0.489 e. The highest BCUT2D eigenvalue weighted by Gasteiger charge is 2.01. The molecule has 0 aliphatic heterocycles. The highest BCUT2D eigenvalue weighted by Crippen LogP contribution is 2.22. The number of benzene rings is 2. The molecule has 1 aromatic heterocycles. The number of hydrogen-bond donors (Lipinski definition) is 0. The van der Waals surface area contributed by atoms with Gasteiger partial charge < -0.3 is 9.47 Å². The van der Waals surface area contributed by atoms with Gasteiger partial charge in [0.15, 0.2) is 0 Å². The number of rotatable bonds is 5. The summed E-state index contributed by atoms with van der Waals surface area (Å²) in [5.74, 6) is 1.45. The van der Waals surface area contributed by atoms with E-state index in [1.165, 1.54) is 0 Å². The molecule has 0 N–H and O–H groups in total. The Morgan fingerprint density at radius 1 is 0.818 bits per heavy atom. The summed E-state index contributed by atoms with van der Waals surface area (Å²) in [6, 6.07) is 17.7. The maximum Gasteiger partial charge on any atom is 0.321 e. The molecule has 0 amide bonds. The third-order valence-corrected chi connectivity index (χ3v) is 3.29. The minimum Gasteiger partial charge on any atom is -0.489 e. The van der Waals surface area contributed by atoms with E-state index in [1.807, 2.05) is 54.6 Å². The molecule has 0 aliphatic rings. The monoisotopic (exact) mass is 356 g/mol. The van der Waals surface area contributed by atoms with Gasteiger partial charge in [-0.3, -0.25) is 0 Å². The number of nitrogens with zero attached hydrogens (tertiary/aromatic N) is 2. The van der Waals surface area contributed by atoms with Crippen LogP contribution in [-0.4, -0.2) is 9.97 Å². The third-order valence-electron chi connectivity index (χ3n) is 2.88. The Kier molecular flexibility index (Phi) is 4.65. The van der Waals surface area contributed by atoms with E-state index in [9.17, 15) is 0 Å². The summed E-state index contributed by atoms with van der Waals surface area (Å²) in [5.41, 5.74) is 1.13. The topological polar surface area (TPSA) is 44.2 Å². The zero-order valence-corrected chi connectivity index (χ0v) is 13.2. The summed E-state index contributed by atoms with van der Waals surface area (Å²) in [4.78, 5) is 8.12. The van der Waals surface area contributed by atoms with Crippen LogP contribution in [0.2, 0.25) is 0 Å². The fraction of sp³-hybridized carbons (Fsp3) is 0.0588. The summed E-state index contributed by atoms with van der Waals surface area (Å²) in [7, 11) is 0. The lowest BCUT2D eigenvalue weighted by Crippen LogP contribution is -1.95. The molecule has 0 saturated heterocycles. The standard InChI is InChI=1S/C17H13BrN2O2/c18-14-10-19-17(20-11-14)22-16-8-6-15(7-9-16)21-12-13-4-2-1-3-5-13/h1-11H,12H2. The molecular weight excluding hydrogens is 344 g/mol. The minimum absolute atomic E-state index is 0.307. The Morgan fingerprint density at radius 3 is 2.14 bits per heavy atom. The van der Waals surface area contributed by atoms with E-state index in [0.29, 0.717) is 18.4 Å². The molecule has 1 heterocycles. The fourth-order valence-corrected chi connectivity index (χ4v) is 2.01. The second-order valence-corrected chi connectivity index (χ2v) is 5.45. The molecule has 0 spiro atoms. The molecule has 3 aromatic rings. The number of halogens is 1. The molecule has 0 aliphatic carbocycles. The normalized spacial score (nSPS) is 10.2. The van der Waals surface area contributed by atoms with Gasteiger partial charge in [-0.15, -0.1) is 0 Å². The Labute approximate surface area is 136 Å². The number of hydrogen-bond acceptors (Lipinski definition) is 4. The molecule has 0 radical (unpaired) electrons. The molecule has 0 unspecified atom stereocenters. The van der Waals surface area contributed by atoms with Crippen LogP contribution in [0.3, 0.4) is 0 Å². The first-order chi connectivity index (χ1) is 10.8. The van der Waals surface area contributed by atoms with Crippen molar-refractivity contribution in [1.29, 1.82) is 0 Å². The summed E-state index contributed by atoms with van der Waals surface area (Å²) >= 11 is 3.28. The van der Waals surface area contributed by atoms with Crippen molar-refractivity contribution in [2.75, 3.05) is 0 Å². The predicted molar refractivity (Wildman–Crippen MR) is 87.0 cm³/mol. The third kappa shape index (κ3) is 4.05. The van der Waals surface area contributed by atoms with Crippen molar-refractivity contribution in [3.8, 4) is 17.5 Å². The van der Waals surface area contributed by atoms with E-state index in [4.69, 9.17) is 9.47 Å². The molecule has 4 nitrogen and oxygen atoms in total. The van der Waals surface area contributed by atoms with E-state index in [0.717, 1.165) is 15.8 Å². The van der Waals surface area contributed by atoms with Crippen LogP contribution in [0.1, 0.15) is 5.56 Å². The smallest absolute Gasteiger partial charge is 0.321 e. The summed E-state index contributed by atoms with van der Waals surface area (Å²) < 4.78 is 12.1. The lowest BCUT2D eigenvalue weighted by atomic mass is 10.2. The Balaban J connectivity index is 1.59. The molecule has 0 fully saturated rings. The highest BCUT2D eigenvalue weighted by atomic mass is 79.9. The molecule has 110 valence electrons. The van der Waals surface area contributed by atoms with Crippen molar-refractivity contribution in [2.24, 2.45) is 0 Å². The lowest BCUT2D eigenvalue weighted by Gasteiger charge is -2.07. The molecule has 0 saturated carbocycles. The van der Waals surface area contributed by atoms with Gasteiger partial charge in [0.25, 0.3) is 0 Å². The number of aromatic nitrogens is 2. The van der Waals surface area contributed by atoms with Gasteiger partial charge in [0.05, 0.1) is 4.47 Å². The van der Waals surface area contributed by atoms with Gasteiger partial charge in [-0.05, 0) is 45.8 Å². The molecule has 5 heteroatoms. The van der Waals surface area contributed by atoms with Gasteiger partial charge >= 0.3 is 6.01 Å². The molecule has 0 bridgehead atoms. The summed E-state index contributed by atoms with van der Waals surface area (Å²) in [6.45, 7) is 0.539. The molecule has 22 heavy (non-hydrogen) atoms. The first-order valence-electron chi connectivity index (χ1n) is 6.72. The van der Waals surface area contributed by atoms with Crippen LogP contribution in [0.4, 0.5) is 0 Å². The van der Waals surface area contributed by atoms with Crippen LogP contribution in [0.25, 0.3) is 0 Å². The average Bonchev–Trinajstić information content (AvgIpc) is 2.57. The van der Waals surface area contributed by atoms with E-state index < -0.39 is 0 Å². The lowest BCUT2D eigenvalue weighted by molar-refractivity contribution is 0.305. The summed E-state index contributed by atoms with van der Waals surface area (Å²) in [5, 5.41) is 0. The van der Waals surface area contributed by atoms with Gasteiger partial charge in [-0.1, -0.05) is 30.3 Å². The van der Waals surface area contributed by atoms with E-state index >= 15 is 0 Å². The van der Waals surface area contributed by atoms with Crippen molar-refractivity contribution >= 4 is 15.9 Å². The highest BCUT2D eigenvalue weighted by molar-refractivity contribution is 9.10. The maximum absolute atomic E-state index is 5.72. The Hall–Kier alpha value is -2.40.